The van der Waals surface area contributed by atoms with Gasteiger partial charge in [0.2, 0.25) is 0 Å². The van der Waals surface area contributed by atoms with Gasteiger partial charge in [0.15, 0.2) is 0 Å². The number of hydrogen-bond donors (Lipinski definition) is 1. The average molecular weight is 258 g/mol. The Kier molecular flexibility index (Phi) is 6.78. The summed E-state index contributed by atoms with van der Waals surface area (Å²) in [6.45, 7) is 5.69. The van der Waals surface area contributed by atoms with Crippen LogP contribution < -0.4 is 4.74 Å². The van der Waals surface area contributed by atoms with E-state index >= 15 is 0 Å². The Morgan fingerprint density at radius 1 is 1.42 bits per heavy atom. The molecule has 0 aliphatic rings. The van der Waals surface area contributed by atoms with Gasteiger partial charge < -0.3 is 9.84 Å². The molecule has 1 atom stereocenters. The van der Waals surface area contributed by atoms with Crippen molar-refractivity contribution in [2.45, 2.75) is 38.7 Å². The maximum atomic E-state index is 9.62. The van der Waals surface area contributed by atoms with Crippen molar-refractivity contribution in [3.05, 3.63) is 42.0 Å². The van der Waals surface area contributed by atoms with Crippen LogP contribution >= 0.6 is 0 Å². The second-order valence-corrected chi connectivity index (χ2v) is 4.72. The quantitative estimate of drug-likeness (QED) is 0.626. The zero-order valence-corrected chi connectivity index (χ0v) is 11.8. The highest BCUT2D eigenvalue weighted by atomic mass is 16.5. The third-order valence-electron chi connectivity index (χ3n) is 2.72. The lowest BCUT2D eigenvalue weighted by molar-refractivity contribution is 0.180. The molecule has 0 heterocycles. The van der Waals surface area contributed by atoms with E-state index in [1.807, 2.05) is 25.1 Å². The first-order valence-corrected chi connectivity index (χ1v) is 6.53. The molecule has 0 unspecified atom stereocenters. The summed E-state index contributed by atoms with van der Waals surface area (Å²) in [5.41, 5.74) is 2.21. The summed E-state index contributed by atoms with van der Waals surface area (Å²) in [6, 6.07) is 8.01. The molecule has 19 heavy (non-hydrogen) atoms. The van der Waals surface area contributed by atoms with Gasteiger partial charge in [-0.15, -0.1) is 18.4 Å². The molecule has 0 amide bonds. The third kappa shape index (κ3) is 6.69. The fourth-order valence-electron chi connectivity index (χ4n) is 1.79. The first kappa shape index (κ1) is 15.3. The Labute approximate surface area is 116 Å². The lowest BCUT2D eigenvalue weighted by Gasteiger charge is -2.05. The summed E-state index contributed by atoms with van der Waals surface area (Å²) in [4.78, 5) is 0. The molecule has 1 aromatic rings. The predicted octanol–water partition coefficient (Wildman–Crippen LogP) is 3.35. The number of aliphatic hydroxyl groups excluding tert-OH is 1. The number of aryl methyl sites for hydroxylation is 1. The highest BCUT2D eigenvalue weighted by molar-refractivity contribution is 5.28. The van der Waals surface area contributed by atoms with Crippen molar-refractivity contribution in [3.63, 3.8) is 0 Å². The lowest BCUT2D eigenvalue weighted by Crippen LogP contribution is -2.04. The van der Waals surface area contributed by atoms with E-state index in [4.69, 9.17) is 4.74 Å². The standard InChI is InChI=1S/C17H22O2/c1-14(2)12-16(18)10-6-4-5-8-15-9-7-11-17(13-15)19-3/h7,9,11,13,16,18H,1,5,8,10,12H2,2-3H3/t16-/m0/s1. The maximum absolute atomic E-state index is 9.62. The molecule has 1 rings (SSSR count). The van der Waals surface area contributed by atoms with E-state index in [2.05, 4.69) is 24.5 Å². The van der Waals surface area contributed by atoms with Crippen LogP contribution in [-0.2, 0) is 6.42 Å². The van der Waals surface area contributed by atoms with Gasteiger partial charge in [-0.25, -0.2) is 0 Å². The molecule has 0 saturated carbocycles. The topological polar surface area (TPSA) is 29.5 Å². The van der Waals surface area contributed by atoms with Gasteiger partial charge in [0.05, 0.1) is 13.2 Å². The molecule has 2 nitrogen and oxygen atoms in total. The summed E-state index contributed by atoms with van der Waals surface area (Å²) in [5.74, 6) is 6.99. The van der Waals surface area contributed by atoms with Crippen molar-refractivity contribution < 1.29 is 9.84 Å². The average Bonchev–Trinajstić information content (AvgIpc) is 2.37. The number of aliphatic hydroxyl groups is 1. The molecular weight excluding hydrogens is 236 g/mol. The van der Waals surface area contributed by atoms with E-state index in [0.717, 1.165) is 24.2 Å². The van der Waals surface area contributed by atoms with Crippen molar-refractivity contribution in [1.29, 1.82) is 0 Å². The summed E-state index contributed by atoms with van der Waals surface area (Å²) in [6.07, 6.45) is 2.46. The fraction of sp³-hybridized carbons (Fsp3) is 0.412. The van der Waals surface area contributed by atoms with Crippen LogP contribution in [0, 0.1) is 11.8 Å². The lowest BCUT2D eigenvalue weighted by atomic mass is 10.1. The van der Waals surface area contributed by atoms with Crippen LogP contribution in [0.25, 0.3) is 0 Å². The second kappa shape index (κ2) is 8.39. The van der Waals surface area contributed by atoms with Gasteiger partial charge in [-0.3, -0.25) is 0 Å². The molecule has 0 aliphatic heterocycles. The van der Waals surface area contributed by atoms with E-state index in [-0.39, 0.29) is 6.10 Å². The summed E-state index contributed by atoms with van der Waals surface area (Å²) in [7, 11) is 1.67. The predicted molar refractivity (Wildman–Crippen MR) is 79.1 cm³/mol. The molecular formula is C17H22O2. The molecule has 0 saturated heterocycles. The van der Waals surface area contributed by atoms with Crippen LogP contribution in [0.3, 0.4) is 0 Å². The van der Waals surface area contributed by atoms with Crippen molar-refractivity contribution in [2.24, 2.45) is 0 Å². The minimum atomic E-state index is -0.387. The maximum Gasteiger partial charge on any atom is 0.119 e. The van der Waals surface area contributed by atoms with E-state index in [1.54, 1.807) is 7.11 Å². The van der Waals surface area contributed by atoms with Crippen LogP contribution in [0.1, 0.15) is 31.7 Å². The zero-order chi connectivity index (χ0) is 14.1. The SMILES string of the molecule is C=C(C)C[C@@H](O)CC#CCCc1cccc(OC)c1. The largest absolute Gasteiger partial charge is 0.497 e. The van der Waals surface area contributed by atoms with Gasteiger partial charge in [0.25, 0.3) is 0 Å². The molecule has 0 aromatic heterocycles. The molecule has 0 aliphatic carbocycles. The molecule has 0 spiro atoms. The van der Waals surface area contributed by atoms with Gasteiger partial charge in [0.1, 0.15) is 5.75 Å². The second-order valence-electron chi connectivity index (χ2n) is 4.72. The van der Waals surface area contributed by atoms with E-state index in [0.29, 0.717) is 12.8 Å². The minimum Gasteiger partial charge on any atom is -0.497 e. The number of rotatable bonds is 6. The number of methoxy groups -OCH3 is 1. The smallest absolute Gasteiger partial charge is 0.119 e. The summed E-state index contributed by atoms with van der Waals surface area (Å²) < 4.78 is 5.17. The molecule has 0 radical (unpaired) electrons. The fourth-order valence-corrected chi connectivity index (χ4v) is 1.79. The Morgan fingerprint density at radius 3 is 2.89 bits per heavy atom. The number of hydrogen-bond acceptors (Lipinski definition) is 2. The van der Waals surface area contributed by atoms with Crippen LogP contribution in [-0.4, -0.2) is 18.3 Å². The number of benzene rings is 1. The normalized spacial score (nSPS) is 11.3. The van der Waals surface area contributed by atoms with E-state index in [1.165, 1.54) is 5.56 Å². The van der Waals surface area contributed by atoms with Crippen LogP contribution in [0.2, 0.25) is 0 Å². The molecule has 0 fully saturated rings. The van der Waals surface area contributed by atoms with Gasteiger partial charge >= 0.3 is 0 Å². The van der Waals surface area contributed by atoms with Crippen molar-refractivity contribution in [1.82, 2.24) is 0 Å². The molecule has 0 bridgehead atoms. The van der Waals surface area contributed by atoms with Crippen molar-refractivity contribution >= 4 is 0 Å². The Morgan fingerprint density at radius 2 is 2.21 bits per heavy atom. The van der Waals surface area contributed by atoms with Gasteiger partial charge in [-0.1, -0.05) is 17.7 Å². The van der Waals surface area contributed by atoms with Crippen molar-refractivity contribution in [2.75, 3.05) is 7.11 Å². The highest BCUT2D eigenvalue weighted by Crippen LogP contribution is 2.13. The van der Waals surface area contributed by atoms with Gasteiger partial charge in [-0.2, -0.15) is 0 Å². The molecule has 102 valence electrons. The summed E-state index contributed by atoms with van der Waals surface area (Å²) in [5, 5.41) is 9.62. The Bertz CT molecular complexity index is 466. The van der Waals surface area contributed by atoms with Gasteiger partial charge in [0, 0.05) is 12.8 Å². The Hall–Kier alpha value is -1.72. The molecule has 1 N–H and O–H groups in total. The minimum absolute atomic E-state index is 0.387. The van der Waals surface area contributed by atoms with Crippen LogP contribution in [0.4, 0.5) is 0 Å². The van der Waals surface area contributed by atoms with E-state index in [9.17, 15) is 5.11 Å². The van der Waals surface area contributed by atoms with Crippen LogP contribution in [0.5, 0.6) is 5.75 Å². The van der Waals surface area contributed by atoms with E-state index < -0.39 is 0 Å². The Balaban J connectivity index is 2.32. The van der Waals surface area contributed by atoms with Gasteiger partial charge in [-0.05, 0) is 37.5 Å². The van der Waals surface area contributed by atoms with Crippen molar-refractivity contribution in [3.8, 4) is 17.6 Å². The zero-order valence-electron chi connectivity index (χ0n) is 11.8. The highest BCUT2D eigenvalue weighted by Gasteiger charge is 2.00. The molecule has 2 heteroatoms. The van der Waals surface area contributed by atoms with Crippen LogP contribution in [0.15, 0.2) is 36.4 Å². The number of ether oxygens (including phenoxy) is 1. The third-order valence-corrected chi connectivity index (χ3v) is 2.72. The first-order chi connectivity index (χ1) is 9.11. The monoisotopic (exact) mass is 258 g/mol. The molecule has 1 aromatic carbocycles. The first-order valence-electron chi connectivity index (χ1n) is 6.53. The summed E-state index contributed by atoms with van der Waals surface area (Å²) >= 11 is 0.